The molecule has 0 aliphatic heterocycles. The molecular weight excluding hydrogens is 501 g/mol. The van der Waals surface area contributed by atoms with Crippen LogP contribution in [0.15, 0.2) is 60.8 Å². The van der Waals surface area contributed by atoms with Crippen LogP contribution >= 0.6 is 0 Å². The van der Waals surface area contributed by atoms with Gasteiger partial charge in [-0.2, -0.15) is 5.10 Å². The van der Waals surface area contributed by atoms with Gasteiger partial charge in [0, 0.05) is 36.4 Å². The lowest BCUT2D eigenvalue weighted by Gasteiger charge is -2.22. The number of nitrogens with two attached hydrogens (primary N) is 1. The van der Waals surface area contributed by atoms with Gasteiger partial charge in [-0.1, -0.05) is 6.42 Å². The second-order valence-corrected chi connectivity index (χ2v) is 8.69. The number of aromatic nitrogens is 3. The fourth-order valence-electron chi connectivity index (χ4n) is 3.93. The number of benzene rings is 2. The highest BCUT2D eigenvalue weighted by Gasteiger charge is 2.25. The molecule has 5 rings (SSSR count). The number of carbonyl (C=O) groups is 2. The van der Waals surface area contributed by atoms with E-state index in [-0.39, 0.29) is 40.3 Å². The van der Waals surface area contributed by atoms with E-state index in [1.54, 1.807) is 6.07 Å². The summed E-state index contributed by atoms with van der Waals surface area (Å²) < 4.78 is 49.2. The molecule has 0 spiro atoms. The molecule has 4 N–H and O–H groups in total. The number of nitrogens with zero attached hydrogens (tertiary/aromatic N) is 3. The van der Waals surface area contributed by atoms with Gasteiger partial charge in [0.15, 0.2) is 0 Å². The van der Waals surface area contributed by atoms with Crippen LogP contribution in [0.2, 0.25) is 0 Å². The topological polar surface area (TPSA) is 124 Å². The lowest BCUT2D eigenvalue weighted by atomic mass is 9.83. The van der Waals surface area contributed by atoms with Crippen LogP contribution in [-0.4, -0.2) is 26.7 Å². The van der Waals surface area contributed by atoms with Crippen molar-refractivity contribution in [3.05, 3.63) is 89.6 Å². The number of rotatable bonds is 7. The number of anilines is 2. The van der Waals surface area contributed by atoms with Crippen molar-refractivity contribution in [2.75, 3.05) is 10.6 Å². The molecule has 0 unspecified atom stereocenters. The molecule has 2 aromatic carbocycles. The van der Waals surface area contributed by atoms with E-state index in [0.29, 0.717) is 5.69 Å². The lowest BCUT2D eigenvalue weighted by molar-refractivity contribution is 0.0995. The van der Waals surface area contributed by atoms with E-state index in [1.165, 1.54) is 35.1 Å². The van der Waals surface area contributed by atoms with E-state index in [4.69, 9.17) is 10.5 Å². The van der Waals surface area contributed by atoms with Crippen molar-refractivity contribution in [3.63, 3.8) is 0 Å². The Labute approximate surface area is 214 Å². The molecule has 194 valence electrons. The minimum Gasteiger partial charge on any atom is -0.457 e. The zero-order valence-electron chi connectivity index (χ0n) is 19.7. The molecule has 2 heterocycles. The first-order valence-corrected chi connectivity index (χ1v) is 11.6. The molecule has 0 bridgehead atoms. The second kappa shape index (κ2) is 10.2. The lowest BCUT2D eigenvalue weighted by Crippen LogP contribution is -2.22. The predicted octanol–water partition coefficient (Wildman–Crippen LogP) is 5.49. The summed E-state index contributed by atoms with van der Waals surface area (Å²) in [7, 11) is 0. The summed E-state index contributed by atoms with van der Waals surface area (Å²) in [6.45, 7) is 0. The normalized spacial score (nSPS) is 13.0. The third kappa shape index (κ3) is 5.43. The molecule has 1 aliphatic carbocycles. The summed E-state index contributed by atoms with van der Waals surface area (Å²) in [5.74, 6) is -2.45. The molecule has 4 aromatic rings. The highest BCUT2D eigenvalue weighted by atomic mass is 19.1. The van der Waals surface area contributed by atoms with E-state index in [1.807, 2.05) is 0 Å². The summed E-state index contributed by atoms with van der Waals surface area (Å²) in [6.07, 6.45) is 4.21. The second-order valence-electron chi connectivity index (χ2n) is 8.69. The van der Waals surface area contributed by atoms with Crippen LogP contribution in [0.25, 0.3) is 5.69 Å². The molecule has 38 heavy (non-hydrogen) atoms. The van der Waals surface area contributed by atoms with Crippen molar-refractivity contribution >= 4 is 23.4 Å². The minimum absolute atomic E-state index is 0.0152. The number of carbonyl (C=O) groups excluding carboxylic acids is 2. The molecule has 1 aliphatic rings. The number of ether oxygens (including phenoxy) is 1. The maximum atomic E-state index is 14.7. The molecule has 0 saturated heterocycles. The Bertz CT molecular complexity index is 1520. The maximum Gasteiger partial charge on any atom is 0.324 e. The van der Waals surface area contributed by atoms with Crippen molar-refractivity contribution < 1.29 is 27.5 Å². The van der Waals surface area contributed by atoms with Crippen LogP contribution in [0.3, 0.4) is 0 Å². The molecular formula is C26H21F3N6O3. The summed E-state index contributed by atoms with van der Waals surface area (Å²) in [6, 6.07) is 10.3. The zero-order valence-corrected chi connectivity index (χ0v) is 19.7. The van der Waals surface area contributed by atoms with Crippen LogP contribution in [0.5, 0.6) is 11.5 Å². The molecule has 1 fully saturated rings. The molecule has 12 heteroatoms. The van der Waals surface area contributed by atoms with E-state index < -0.39 is 29.4 Å². The Balaban J connectivity index is 1.32. The van der Waals surface area contributed by atoms with Crippen molar-refractivity contribution in [1.82, 2.24) is 14.8 Å². The predicted molar refractivity (Wildman–Crippen MR) is 132 cm³/mol. The van der Waals surface area contributed by atoms with E-state index in [2.05, 4.69) is 20.7 Å². The molecule has 0 atom stereocenters. The Morgan fingerprint density at radius 2 is 1.68 bits per heavy atom. The summed E-state index contributed by atoms with van der Waals surface area (Å²) >= 11 is 0. The molecule has 1 saturated carbocycles. The molecule has 2 aromatic heterocycles. The average Bonchev–Trinajstić information content (AvgIpc) is 3.22. The van der Waals surface area contributed by atoms with Crippen LogP contribution in [0.4, 0.5) is 29.5 Å². The van der Waals surface area contributed by atoms with Crippen LogP contribution in [-0.2, 0) is 0 Å². The van der Waals surface area contributed by atoms with Crippen molar-refractivity contribution in [3.8, 4) is 17.2 Å². The first-order chi connectivity index (χ1) is 18.2. The van der Waals surface area contributed by atoms with Gasteiger partial charge in [-0.25, -0.2) is 22.6 Å². The van der Waals surface area contributed by atoms with Crippen molar-refractivity contribution in [1.29, 1.82) is 0 Å². The molecule has 0 radical (unpaired) electrons. The van der Waals surface area contributed by atoms with E-state index >= 15 is 0 Å². The van der Waals surface area contributed by atoms with Crippen molar-refractivity contribution in [2.45, 2.75) is 25.2 Å². The first kappa shape index (κ1) is 24.8. The first-order valence-electron chi connectivity index (χ1n) is 11.6. The van der Waals surface area contributed by atoms with Gasteiger partial charge in [-0.05, 0) is 43.2 Å². The summed E-state index contributed by atoms with van der Waals surface area (Å²) in [5, 5.41) is 9.42. The van der Waals surface area contributed by atoms with Gasteiger partial charge in [0.25, 0.3) is 5.91 Å². The van der Waals surface area contributed by atoms with Gasteiger partial charge in [0.1, 0.15) is 40.5 Å². The number of halogens is 3. The van der Waals surface area contributed by atoms with E-state index in [0.717, 1.165) is 43.5 Å². The third-order valence-corrected chi connectivity index (χ3v) is 5.99. The van der Waals surface area contributed by atoms with Crippen LogP contribution in [0, 0.1) is 17.5 Å². The van der Waals surface area contributed by atoms with Gasteiger partial charge >= 0.3 is 6.03 Å². The van der Waals surface area contributed by atoms with Crippen LogP contribution in [0.1, 0.15) is 41.4 Å². The number of amides is 3. The molecule has 3 amide bonds. The standard InChI is InChI=1S/C26H21F3N6O3/c27-15-8-16(28)10-17(9-15)35-24(13-22(34-35)14-2-1-3-14)33-26(37)32-21-5-4-18(11-20(21)29)38-19-6-7-31-23(12-19)25(30)36/h4-14H,1-3H2,(H2,30,36)(H2,32,33,37). The Morgan fingerprint density at radius 3 is 2.34 bits per heavy atom. The Hall–Kier alpha value is -4.87. The van der Waals surface area contributed by atoms with Gasteiger partial charge in [-0.3, -0.25) is 15.1 Å². The van der Waals surface area contributed by atoms with Gasteiger partial charge in [-0.15, -0.1) is 0 Å². The smallest absolute Gasteiger partial charge is 0.324 e. The largest absolute Gasteiger partial charge is 0.457 e. The van der Waals surface area contributed by atoms with Gasteiger partial charge in [0.2, 0.25) is 0 Å². The number of pyridine rings is 1. The van der Waals surface area contributed by atoms with Crippen molar-refractivity contribution in [2.24, 2.45) is 5.73 Å². The fourth-order valence-corrected chi connectivity index (χ4v) is 3.93. The number of nitrogens with one attached hydrogen (secondary N) is 2. The van der Waals surface area contributed by atoms with Gasteiger partial charge in [0.05, 0.1) is 17.1 Å². The number of hydrogen-bond acceptors (Lipinski definition) is 5. The fraction of sp³-hybridized carbons (Fsp3) is 0.154. The van der Waals surface area contributed by atoms with Gasteiger partial charge < -0.3 is 15.8 Å². The van der Waals surface area contributed by atoms with Crippen LogP contribution < -0.4 is 21.1 Å². The minimum atomic E-state index is -0.795. The summed E-state index contributed by atoms with van der Waals surface area (Å²) in [4.78, 5) is 27.8. The zero-order chi connectivity index (χ0) is 26.8. The number of primary amides is 1. The molecule has 9 nitrogen and oxygen atoms in total. The monoisotopic (exact) mass is 522 g/mol. The highest BCUT2D eigenvalue weighted by molar-refractivity contribution is 5.99. The van der Waals surface area contributed by atoms with E-state index in [9.17, 15) is 22.8 Å². The number of hydrogen-bond donors (Lipinski definition) is 3. The SMILES string of the molecule is NC(=O)c1cc(Oc2ccc(NC(=O)Nc3cc(C4CCC4)nn3-c3cc(F)cc(F)c3)c(F)c2)ccn1. The third-order valence-electron chi connectivity index (χ3n) is 5.99. The quantitative estimate of drug-likeness (QED) is 0.296. The Morgan fingerprint density at radius 1 is 0.947 bits per heavy atom. The average molecular weight is 522 g/mol. The highest BCUT2D eigenvalue weighted by Crippen LogP contribution is 2.37. The maximum absolute atomic E-state index is 14.7. The number of urea groups is 1. The Kier molecular flexibility index (Phi) is 6.69. The summed E-state index contributed by atoms with van der Waals surface area (Å²) in [5.41, 5.74) is 5.81.